The first-order valence-corrected chi connectivity index (χ1v) is 10.0. The summed E-state index contributed by atoms with van der Waals surface area (Å²) in [6.45, 7) is 4.27. The standard InChI is InChI=1S/C14H23ClN2O2S2/c1-10(5-6-20-4)17-21(18,19)14-8-13(15)7-12(9-16-3)11(14)2/h7-8,10,16-17H,5-6,9H2,1-4H3. The largest absolute Gasteiger partial charge is 0.316 e. The molecule has 4 nitrogen and oxygen atoms in total. The lowest BCUT2D eigenvalue weighted by molar-refractivity contribution is 0.556. The molecule has 1 unspecified atom stereocenters. The van der Waals surface area contributed by atoms with Gasteiger partial charge in [0, 0.05) is 17.6 Å². The molecule has 0 aliphatic heterocycles. The SMILES string of the molecule is CNCc1cc(Cl)cc(S(=O)(=O)NC(C)CCSC)c1C. The number of rotatable bonds is 8. The third kappa shape index (κ3) is 5.45. The monoisotopic (exact) mass is 350 g/mol. The van der Waals surface area contributed by atoms with Gasteiger partial charge in [-0.15, -0.1) is 0 Å². The Bertz CT molecular complexity index is 577. The van der Waals surface area contributed by atoms with E-state index in [4.69, 9.17) is 11.6 Å². The second-order valence-electron chi connectivity index (χ2n) is 5.02. The third-order valence-corrected chi connectivity index (χ3v) is 5.78. The van der Waals surface area contributed by atoms with Crippen molar-refractivity contribution in [2.45, 2.75) is 37.8 Å². The number of benzene rings is 1. The normalized spacial score (nSPS) is 13.4. The highest BCUT2D eigenvalue weighted by Gasteiger charge is 2.21. The average Bonchev–Trinajstić information content (AvgIpc) is 2.39. The van der Waals surface area contributed by atoms with Gasteiger partial charge in [0.2, 0.25) is 10.0 Å². The molecular formula is C14H23ClN2O2S2. The van der Waals surface area contributed by atoms with Gasteiger partial charge < -0.3 is 5.32 Å². The summed E-state index contributed by atoms with van der Waals surface area (Å²) in [5.41, 5.74) is 1.63. The predicted octanol–water partition coefficient (Wildman–Crippen LogP) is 2.79. The molecule has 0 aliphatic carbocycles. The van der Waals surface area contributed by atoms with Crippen molar-refractivity contribution in [3.63, 3.8) is 0 Å². The number of hydrogen-bond donors (Lipinski definition) is 2. The maximum atomic E-state index is 12.5. The molecule has 1 rings (SSSR count). The second-order valence-corrected chi connectivity index (χ2v) is 8.13. The Hall–Kier alpha value is -0.270. The Morgan fingerprint density at radius 3 is 2.62 bits per heavy atom. The summed E-state index contributed by atoms with van der Waals surface area (Å²) in [5.74, 6) is 0.920. The van der Waals surface area contributed by atoms with Crippen LogP contribution in [0.4, 0.5) is 0 Å². The minimum Gasteiger partial charge on any atom is -0.316 e. The molecular weight excluding hydrogens is 328 g/mol. The van der Waals surface area contributed by atoms with Gasteiger partial charge in [-0.25, -0.2) is 13.1 Å². The zero-order valence-electron chi connectivity index (χ0n) is 12.9. The van der Waals surface area contributed by atoms with Crippen molar-refractivity contribution in [3.8, 4) is 0 Å². The Kier molecular flexibility index (Phi) is 7.50. The lowest BCUT2D eigenvalue weighted by Gasteiger charge is -2.17. The van der Waals surface area contributed by atoms with Crippen LogP contribution in [0.15, 0.2) is 17.0 Å². The van der Waals surface area contributed by atoms with Crippen LogP contribution < -0.4 is 10.0 Å². The van der Waals surface area contributed by atoms with Crippen LogP contribution in [-0.2, 0) is 16.6 Å². The van der Waals surface area contributed by atoms with E-state index in [1.165, 1.54) is 6.07 Å². The number of hydrogen-bond acceptors (Lipinski definition) is 4. The summed E-state index contributed by atoms with van der Waals surface area (Å²) < 4.78 is 27.8. The van der Waals surface area contributed by atoms with E-state index in [1.807, 2.05) is 27.2 Å². The van der Waals surface area contributed by atoms with Crippen LogP contribution in [0.2, 0.25) is 5.02 Å². The van der Waals surface area contributed by atoms with E-state index in [9.17, 15) is 8.42 Å². The average molecular weight is 351 g/mol. The van der Waals surface area contributed by atoms with E-state index in [1.54, 1.807) is 17.8 Å². The van der Waals surface area contributed by atoms with E-state index in [0.717, 1.165) is 23.3 Å². The molecule has 7 heteroatoms. The van der Waals surface area contributed by atoms with Gasteiger partial charge in [-0.1, -0.05) is 11.6 Å². The van der Waals surface area contributed by atoms with Crippen molar-refractivity contribution >= 4 is 33.4 Å². The fraction of sp³-hybridized carbons (Fsp3) is 0.571. The van der Waals surface area contributed by atoms with Crippen molar-refractivity contribution < 1.29 is 8.42 Å². The van der Waals surface area contributed by atoms with Gasteiger partial charge in [-0.2, -0.15) is 11.8 Å². The van der Waals surface area contributed by atoms with Crippen LogP contribution in [0.25, 0.3) is 0 Å². The number of sulfonamides is 1. The first-order valence-electron chi connectivity index (χ1n) is 6.76. The first kappa shape index (κ1) is 18.8. The Balaban J connectivity index is 3.07. The maximum Gasteiger partial charge on any atom is 0.241 e. The highest BCUT2D eigenvalue weighted by molar-refractivity contribution is 7.98. The molecule has 1 aromatic rings. The molecule has 21 heavy (non-hydrogen) atoms. The zero-order valence-corrected chi connectivity index (χ0v) is 15.3. The van der Waals surface area contributed by atoms with Crippen LogP contribution in [0, 0.1) is 6.92 Å². The summed E-state index contributed by atoms with van der Waals surface area (Å²) in [6.07, 6.45) is 2.80. The molecule has 0 aromatic heterocycles. The summed E-state index contributed by atoms with van der Waals surface area (Å²) in [6, 6.07) is 3.21. The summed E-state index contributed by atoms with van der Waals surface area (Å²) in [5, 5.41) is 3.46. The van der Waals surface area contributed by atoms with E-state index in [0.29, 0.717) is 11.6 Å². The summed E-state index contributed by atoms with van der Waals surface area (Å²) >= 11 is 7.76. The minimum absolute atomic E-state index is 0.103. The lowest BCUT2D eigenvalue weighted by Crippen LogP contribution is -2.33. The van der Waals surface area contributed by atoms with Gasteiger partial charge in [-0.3, -0.25) is 0 Å². The molecule has 0 spiro atoms. The quantitative estimate of drug-likeness (QED) is 0.757. The second kappa shape index (κ2) is 8.39. The van der Waals surface area contributed by atoms with Gasteiger partial charge in [0.25, 0.3) is 0 Å². The maximum absolute atomic E-state index is 12.5. The fourth-order valence-electron chi connectivity index (χ4n) is 2.04. The molecule has 0 saturated carbocycles. The molecule has 0 saturated heterocycles. The lowest BCUT2D eigenvalue weighted by atomic mass is 10.1. The van der Waals surface area contributed by atoms with E-state index >= 15 is 0 Å². The smallest absolute Gasteiger partial charge is 0.241 e. The van der Waals surface area contributed by atoms with Gasteiger partial charge in [-0.05, 0) is 62.6 Å². The third-order valence-electron chi connectivity index (χ3n) is 3.20. The molecule has 0 amide bonds. The van der Waals surface area contributed by atoms with Crippen molar-refractivity contribution in [2.75, 3.05) is 19.1 Å². The van der Waals surface area contributed by atoms with Crippen LogP contribution in [-0.4, -0.2) is 33.5 Å². The van der Waals surface area contributed by atoms with Crippen molar-refractivity contribution in [1.82, 2.24) is 10.0 Å². The van der Waals surface area contributed by atoms with E-state index in [-0.39, 0.29) is 10.9 Å². The fourth-order valence-corrected chi connectivity index (χ4v) is 4.53. The number of nitrogens with one attached hydrogen (secondary N) is 2. The molecule has 1 atom stereocenters. The number of halogens is 1. The molecule has 0 radical (unpaired) electrons. The van der Waals surface area contributed by atoms with Crippen LogP contribution in [0.3, 0.4) is 0 Å². The molecule has 120 valence electrons. The molecule has 0 heterocycles. The highest BCUT2D eigenvalue weighted by atomic mass is 35.5. The Morgan fingerprint density at radius 1 is 1.38 bits per heavy atom. The van der Waals surface area contributed by atoms with Crippen LogP contribution in [0.1, 0.15) is 24.5 Å². The highest BCUT2D eigenvalue weighted by Crippen LogP contribution is 2.24. The number of thioether (sulfide) groups is 1. The topological polar surface area (TPSA) is 58.2 Å². The summed E-state index contributed by atoms with van der Waals surface area (Å²) in [7, 11) is -1.74. The first-order chi connectivity index (χ1) is 9.81. The van der Waals surface area contributed by atoms with Gasteiger partial charge >= 0.3 is 0 Å². The van der Waals surface area contributed by atoms with Crippen molar-refractivity contribution in [3.05, 3.63) is 28.3 Å². The van der Waals surface area contributed by atoms with Gasteiger partial charge in [0.05, 0.1) is 4.90 Å². The molecule has 2 N–H and O–H groups in total. The zero-order chi connectivity index (χ0) is 16.0. The van der Waals surface area contributed by atoms with Gasteiger partial charge in [0.1, 0.15) is 0 Å². The van der Waals surface area contributed by atoms with Crippen molar-refractivity contribution in [2.24, 2.45) is 0 Å². The Morgan fingerprint density at radius 2 is 2.05 bits per heavy atom. The Labute approximate surface area is 137 Å². The molecule has 0 bridgehead atoms. The van der Waals surface area contributed by atoms with Crippen LogP contribution >= 0.6 is 23.4 Å². The van der Waals surface area contributed by atoms with E-state index < -0.39 is 10.0 Å². The van der Waals surface area contributed by atoms with E-state index in [2.05, 4.69) is 10.0 Å². The molecule has 0 aliphatic rings. The predicted molar refractivity (Wildman–Crippen MR) is 91.7 cm³/mol. The van der Waals surface area contributed by atoms with Gasteiger partial charge in [0.15, 0.2) is 0 Å². The van der Waals surface area contributed by atoms with Crippen LogP contribution in [0.5, 0.6) is 0 Å². The van der Waals surface area contributed by atoms with Crippen molar-refractivity contribution in [1.29, 1.82) is 0 Å². The summed E-state index contributed by atoms with van der Waals surface area (Å²) in [4.78, 5) is 0.260. The minimum atomic E-state index is -3.56. The molecule has 1 aromatic carbocycles. The molecule has 0 fully saturated rings.